The van der Waals surface area contributed by atoms with Crippen LogP contribution >= 0.6 is 0 Å². The third-order valence-electron chi connectivity index (χ3n) is 4.52. The number of hydrogen-bond donors (Lipinski definition) is 2. The van der Waals surface area contributed by atoms with E-state index in [1.807, 2.05) is 24.3 Å². The molecule has 0 bridgehead atoms. The van der Waals surface area contributed by atoms with Crippen molar-refractivity contribution >= 4 is 16.8 Å². The van der Waals surface area contributed by atoms with E-state index in [1.165, 1.54) is 19.3 Å². The predicted octanol–water partition coefficient (Wildman–Crippen LogP) is 3.49. The van der Waals surface area contributed by atoms with Crippen molar-refractivity contribution in [2.45, 2.75) is 38.6 Å². The summed E-state index contributed by atoms with van der Waals surface area (Å²) < 4.78 is 5.34. The highest BCUT2D eigenvalue weighted by atomic mass is 16.5. The maximum atomic E-state index is 12.4. The molecule has 0 radical (unpaired) electrons. The number of amides is 1. The van der Waals surface area contributed by atoms with E-state index in [9.17, 15) is 4.79 Å². The Morgan fingerprint density at radius 3 is 2.90 bits per heavy atom. The molecule has 1 aromatic carbocycles. The molecular formula is C17H22N2O2. The molecule has 4 nitrogen and oxygen atoms in total. The number of benzene rings is 1. The standard InChI is InChI=1S/C17H22N2O2/c1-11-6-3-4-7-13(11)19-17(20)15-10-12-14(18-15)8-5-9-16(12)21-2/h5,8-11,13,18H,3-4,6-7H2,1-2H3,(H,19,20)/t11-,13+/m0/s1. The number of carbonyl (C=O) groups is 1. The lowest BCUT2D eigenvalue weighted by atomic mass is 9.86. The van der Waals surface area contributed by atoms with E-state index in [-0.39, 0.29) is 5.91 Å². The van der Waals surface area contributed by atoms with Crippen molar-refractivity contribution in [1.29, 1.82) is 0 Å². The number of methoxy groups -OCH3 is 1. The van der Waals surface area contributed by atoms with E-state index in [0.717, 1.165) is 23.1 Å². The quantitative estimate of drug-likeness (QED) is 0.907. The van der Waals surface area contributed by atoms with Crippen molar-refractivity contribution in [3.05, 3.63) is 30.0 Å². The van der Waals surface area contributed by atoms with Crippen LogP contribution in [0.4, 0.5) is 0 Å². The molecule has 2 aromatic rings. The largest absolute Gasteiger partial charge is 0.496 e. The Bertz CT molecular complexity index is 647. The first-order chi connectivity index (χ1) is 10.2. The lowest BCUT2D eigenvalue weighted by Gasteiger charge is -2.29. The highest BCUT2D eigenvalue weighted by molar-refractivity contribution is 5.99. The topological polar surface area (TPSA) is 54.1 Å². The summed E-state index contributed by atoms with van der Waals surface area (Å²) in [6.07, 6.45) is 4.76. The molecule has 2 atom stereocenters. The SMILES string of the molecule is COc1cccc2[nH]c(C(=O)N[C@@H]3CCCC[C@@H]3C)cc12. The van der Waals surface area contributed by atoms with Crippen molar-refractivity contribution in [3.63, 3.8) is 0 Å². The maximum absolute atomic E-state index is 12.4. The van der Waals surface area contributed by atoms with Crippen molar-refractivity contribution in [2.24, 2.45) is 5.92 Å². The van der Waals surface area contributed by atoms with Gasteiger partial charge >= 0.3 is 0 Å². The summed E-state index contributed by atoms with van der Waals surface area (Å²) in [5.41, 5.74) is 1.53. The van der Waals surface area contributed by atoms with Crippen LogP contribution in [0.5, 0.6) is 5.75 Å². The van der Waals surface area contributed by atoms with Crippen LogP contribution in [0.25, 0.3) is 10.9 Å². The number of nitrogens with one attached hydrogen (secondary N) is 2. The van der Waals surface area contributed by atoms with Crippen LogP contribution in [-0.2, 0) is 0 Å². The van der Waals surface area contributed by atoms with Crippen LogP contribution in [0.2, 0.25) is 0 Å². The van der Waals surface area contributed by atoms with Gasteiger partial charge in [0.15, 0.2) is 0 Å². The highest BCUT2D eigenvalue weighted by Crippen LogP contribution is 2.27. The van der Waals surface area contributed by atoms with E-state index in [2.05, 4.69) is 17.2 Å². The molecular weight excluding hydrogens is 264 g/mol. The second-order valence-electron chi connectivity index (χ2n) is 5.95. The summed E-state index contributed by atoms with van der Waals surface area (Å²) in [5, 5.41) is 4.12. The Labute approximate surface area is 124 Å². The number of aromatic nitrogens is 1. The minimum absolute atomic E-state index is 0.0213. The summed E-state index contributed by atoms with van der Waals surface area (Å²) in [6, 6.07) is 7.94. The fourth-order valence-electron chi connectivity index (χ4n) is 3.20. The zero-order valence-electron chi connectivity index (χ0n) is 12.6. The van der Waals surface area contributed by atoms with E-state index < -0.39 is 0 Å². The summed E-state index contributed by atoms with van der Waals surface area (Å²) in [4.78, 5) is 15.6. The molecule has 0 spiro atoms. The van der Waals surface area contributed by atoms with Gasteiger partial charge in [-0.1, -0.05) is 25.8 Å². The molecule has 0 unspecified atom stereocenters. The molecule has 1 aromatic heterocycles. The van der Waals surface area contributed by atoms with Crippen molar-refractivity contribution in [2.75, 3.05) is 7.11 Å². The number of ether oxygens (including phenoxy) is 1. The molecule has 4 heteroatoms. The first-order valence-corrected chi connectivity index (χ1v) is 7.65. The number of aromatic amines is 1. The molecule has 1 amide bonds. The lowest BCUT2D eigenvalue weighted by molar-refractivity contribution is 0.0906. The fraction of sp³-hybridized carbons (Fsp3) is 0.471. The van der Waals surface area contributed by atoms with Gasteiger partial charge in [-0.2, -0.15) is 0 Å². The van der Waals surface area contributed by atoms with Gasteiger partial charge in [0.25, 0.3) is 5.91 Å². The van der Waals surface area contributed by atoms with Crippen molar-refractivity contribution in [3.8, 4) is 5.75 Å². The van der Waals surface area contributed by atoms with Crippen molar-refractivity contribution in [1.82, 2.24) is 10.3 Å². The molecule has 1 aliphatic carbocycles. The second-order valence-corrected chi connectivity index (χ2v) is 5.95. The van der Waals surface area contributed by atoms with Gasteiger partial charge in [0.1, 0.15) is 11.4 Å². The van der Waals surface area contributed by atoms with Gasteiger partial charge in [-0.3, -0.25) is 4.79 Å². The zero-order chi connectivity index (χ0) is 14.8. The Morgan fingerprint density at radius 2 is 2.14 bits per heavy atom. The van der Waals surface area contributed by atoms with Gasteiger partial charge in [-0.15, -0.1) is 0 Å². The summed E-state index contributed by atoms with van der Waals surface area (Å²) >= 11 is 0. The number of H-pyrrole nitrogens is 1. The van der Waals surface area contributed by atoms with Gasteiger partial charge in [-0.05, 0) is 37.0 Å². The van der Waals surface area contributed by atoms with Crippen LogP contribution in [0.3, 0.4) is 0 Å². The first kappa shape index (κ1) is 14.0. The second kappa shape index (κ2) is 5.80. The van der Waals surface area contributed by atoms with E-state index in [0.29, 0.717) is 17.7 Å². The number of rotatable bonds is 3. The predicted molar refractivity (Wildman–Crippen MR) is 83.7 cm³/mol. The van der Waals surface area contributed by atoms with Crippen LogP contribution in [0.15, 0.2) is 24.3 Å². The Morgan fingerprint density at radius 1 is 1.33 bits per heavy atom. The number of fused-ring (bicyclic) bond motifs is 1. The zero-order valence-corrected chi connectivity index (χ0v) is 12.6. The van der Waals surface area contributed by atoms with Gasteiger partial charge in [0, 0.05) is 16.9 Å². The van der Waals surface area contributed by atoms with Crippen LogP contribution < -0.4 is 10.1 Å². The third kappa shape index (κ3) is 2.75. The summed E-state index contributed by atoms with van der Waals surface area (Å²) in [6.45, 7) is 2.22. The van der Waals surface area contributed by atoms with Crippen LogP contribution in [0.1, 0.15) is 43.1 Å². The first-order valence-electron chi connectivity index (χ1n) is 7.65. The van der Waals surface area contributed by atoms with Gasteiger partial charge in [-0.25, -0.2) is 0 Å². The van der Waals surface area contributed by atoms with Crippen LogP contribution in [-0.4, -0.2) is 24.0 Å². The molecule has 112 valence electrons. The minimum Gasteiger partial charge on any atom is -0.496 e. The monoisotopic (exact) mass is 286 g/mol. The maximum Gasteiger partial charge on any atom is 0.267 e. The number of hydrogen-bond acceptors (Lipinski definition) is 2. The molecule has 1 aliphatic rings. The smallest absolute Gasteiger partial charge is 0.267 e. The average molecular weight is 286 g/mol. The van der Waals surface area contributed by atoms with Crippen LogP contribution in [0, 0.1) is 5.92 Å². The molecule has 0 saturated heterocycles. The molecule has 2 N–H and O–H groups in total. The molecule has 0 aliphatic heterocycles. The van der Waals surface area contributed by atoms with Crippen molar-refractivity contribution < 1.29 is 9.53 Å². The number of carbonyl (C=O) groups excluding carboxylic acids is 1. The Hall–Kier alpha value is -1.97. The fourth-order valence-corrected chi connectivity index (χ4v) is 3.20. The molecule has 21 heavy (non-hydrogen) atoms. The third-order valence-corrected chi connectivity index (χ3v) is 4.52. The molecule has 1 heterocycles. The van der Waals surface area contributed by atoms with Gasteiger partial charge in [0.2, 0.25) is 0 Å². The molecule has 1 fully saturated rings. The van der Waals surface area contributed by atoms with Gasteiger partial charge in [0.05, 0.1) is 7.11 Å². The highest BCUT2D eigenvalue weighted by Gasteiger charge is 2.24. The molecule has 1 saturated carbocycles. The summed E-state index contributed by atoms with van der Waals surface area (Å²) in [7, 11) is 1.64. The average Bonchev–Trinajstić information content (AvgIpc) is 2.93. The minimum atomic E-state index is -0.0213. The van der Waals surface area contributed by atoms with E-state index in [4.69, 9.17) is 4.74 Å². The Balaban J connectivity index is 1.81. The Kier molecular flexibility index (Phi) is 3.86. The van der Waals surface area contributed by atoms with E-state index in [1.54, 1.807) is 7.11 Å². The normalized spacial score (nSPS) is 22.2. The van der Waals surface area contributed by atoms with Gasteiger partial charge < -0.3 is 15.0 Å². The summed E-state index contributed by atoms with van der Waals surface area (Å²) in [5.74, 6) is 1.32. The van der Waals surface area contributed by atoms with E-state index >= 15 is 0 Å². The molecule has 3 rings (SSSR count). The lowest BCUT2D eigenvalue weighted by Crippen LogP contribution is -2.41.